The van der Waals surface area contributed by atoms with Gasteiger partial charge in [0, 0.05) is 18.5 Å². The van der Waals surface area contributed by atoms with Crippen molar-refractivity contribution in [3.63, 3.8) is 0 Å². The second-order valence-electron chi connectivity index (χ2n) is 5.02. The van der Waals surface area contributed by atoms with Gasteiger partial charge in [-0.3, -0.25) is 0 Å². The Bertz CT molecular complexity index is 322. The summed E-state index contributed by atoms with van der Waals surface area (Å²) < 4.78 is 5.66. The lowest BCUT2D eigenvalue weighted by Crippen LogP contribution is -2.08. The number of hydrogen-bond donors (Lipinski definition) is 0. The Balaban J connectivity index is 2.43. The molecular formula is C15H23BrO. The van der Waals surface area contributed by atoms with Gasteiger partial charge in [0.05, 0.1) is 0 Å². The molecule has 0 spiro atoms. The lowest BCUT2D eigenvalue weighted by molar-refractivity contribution is 0.105. The molecule has 0 aliphatic rings. The number of benzene rings is 1. The van der Waals surface area contributed by atoms with Gasteiger partial charge in [-0.1, -0.05) is 59.6 Å². The van der Waals surface area contributed by atoms with Crippen LogP contribution in [0.4, 0.5) is 0 Å². The van der Waals surface area contributed by atoms with Crippen molar-refractivity contribution in [3.05, 3.63) is 35.4 Å². The van der Waals surface area contributed by atoms with Crippen LogP contribution in [0.15, 0.2) is 24.3 Å². The highest BCUT2D eigenvalue weighted by Crippen LogP contribution is 2.22. The molecule has 0 aromatic heterocycles. The van der Waals surface area contributed by atoms with Crippen molar-refractivity contribution in [1.82, 2.24) is 0 Å². The van der Waals surface area contributed by atoms with E-state index in [9.17, 15) is 0 Å². The van der Waals surface area contributed by atoms with Crippen molar-refractivity contribution < 1.29 is 4.74 Å². The monoisotopic (exact) mass is 298 g/mol. The fraction of sp³-hybridized carbons (Fsp3) is 0.600. The topological polar surface area (TPSA) is 9.23 Å². The van der Waals surface area contributed by atoms with Crippen LogP contribution in [0.1, 0.15) is 37.3 Å². The zero-order chi connectivity index (χ0) is 12.7. The van der Waals surface area contributed by atoms with Crippen LogP contribution >= 0.6 is 15.9 Å². The van der Waals surface area contributed by atoms with Crippen molar-refractivity contribution in [2.45, 2.75) is 33.1 Å². The molecule has 0 aliphatic heterocycles. The summed E-state index contributed by atoms with van der Waals surface area (Å²) in [5, 5.41) is 1.00. The molecule has 1 aromatic carbocycles. The van der Waals surface area contributed by atoms with Crippen LogP contribution in [0.5, 0.6) is 0 Å². The molecule has 1 aromatic rings. The Kier molecular flexibility index (Phi) is 6.83. The lowest BCUT2D eigenvalue weighted by Gasteiger charge is -2.15. The second-order valence-corrected chi connectivity index (χ2v) is 5.67. The predicted molar refractivity (Wildman–Crippen MR) is 78.0 cm³/mol. The van der Waals surface area contributed by atoms with E-state index in [0.717, 1.165) is 25.0 Å². The van der Waals surface area contributed by atoms with Crippen LogP contribution in [0.2, 0.25) is 0 Å². The summed E-state index contributed by atoms with van der Waals surface area (Å²) in [6.45, 7) is 8.22. The quantitative estimate of drug-likeness (QED) is 0.530. The molecule has 1 unspecified atom stereocenters. The molecule has 0 aliphatic carbocycles. The number of hydrogen-bond acceptors (Lipinski definition) is 1. The predicted octanol–water partition coefficient (Wildman–Crippen LogP) is 4.54. The second kappa shape index (κ2) is 7.88. The van der Waals surface area contributed by atoms with E-state index in [0.29, 0.717) is 11.8 Å². The molecule has 1 rings (SSSR count). The maximum atomic E-state index is 5.66. The molecule has 0 saturated carbocycles. The Morgan fingerprint density at radius 3 is 2.65 bits per heavy atom. The first-order chi connectivity index (χ1) is 8.13. The molecule has 0 bridgehead atoms. The highest BCUT2D eigenvalue weighted by atomic mass is 79.9. The summed E-state index contributed by atoms with van der Waals surface area (Å²) >= 11 is 3.60. The Labute approximate surface area is 114 Å². The molecule has 0 amide bonds. The van der Waals surface area contributed by atoms with Gasteiger partial charge in [0.25, 0.3) is 0 Å². The highest BCUT2D eigenvalue weighted by Gasteiger charge is 2.10. The Hall–Kier alpha value is -0.340. The summed E-state index contributed by atoms with van der Waals surface area (Å²) in [5.74, 6) is 1.18. The zero-order valence-electron chi connectivity index (χ0n) is 11.1. The molecule has 17 heavy (non-hydrogen) atoms. The largest absolute Gasteiger partial charge is 0.381 e. The van der Waals surface area contributed by atoms with Gasteiger partial charge in [-0.15, -0.1) is 0 Å². The molecule has 0 heterocycles. The van der Waals surface area contributed by atoms with Gasteiger partial charge in [-0.25, -0.2) is 0 Å². The summed E-state index contributed by atoms with van der Waals surface area (Å²) in [7, 11) is 0. The van der Waals surface area contributed by atoms with Gasteiger partial charge in [-0.05, 0) is 30.7 Å². The van der Waals surface area contributed by atoms with Crippen LogP contribution < -0.4 is 0 Å². The van der Waals surface area contributed by atoms with E-state index in [4.69, 9.17) is 4.74 Å². The smallest absolute Gasteiger partial charge is 0.0488 e. The molecule has 1 nitrogen and oxygen atoms in total. The molecule has 0 fully saturated rings. The molecule has 0 radical (unpaired) electrons. The van der Waals surface area contributed by atoms with Crippen molar-refractivity contribution in [3.8, 4) is 0 Å². The van der Waals surface area contributed by atoms with E-state index in [1.54, 1.807) is 0 Å². The number of ether oxygens (including phenoxy) is 1. The van der Waals surface area contributed by atoms with Gasteiger partial charge in [0.1, 0.15) is 0 Å². The van der Waals surface area contributed by atoms with Crippen molar-refractivity contribution >= 4 is 15.9 Å². The van der Waals surface area contributed by atoms with Crippen LogP contribution in [0.3, 0.4) is 0 Å². The van der Waals surface area contributed by atoms with Crippen LogP contribution in [-0.4, -0.2) is 18.5 Å². The first-order valence-electron chi connectivity index (χ1n) is 6.33. The van der Waals surface area contributed by atoms with Crippen molar-refractivity contribution in [1.29, 1.82) is 0 Å². The molecular weight excluding hydrogens is 276 g/mol. The van der Waals surface area contributed by atoms with Gasteiger partial charge in [0.15, 0.2) is 0 Å². The minimum Gasteiger partial charge on any atom is -0.381 e. The van der Waals surface area contributed by atoms with E-state index in [-0.39, 0.29) is 0 Å². The van der Waals surface area contributed by atoms with Crippen LogP contribution in [0.25, 0.3) is 0 Å². The minimum atomic E-state index is 0.557. The third-order valence-electron chi connectivity index (χ3n) is 2.76. The summed E-state index contributed by atoms with van der Waals surface area (Å²) in [5.41, 5.74) is 2.74. The zero-order valence-corrected chi connectivity index (χ0v) is 12.7. The normalized spacial score (nSPS) is 13.0. The van der Waals surface area contributed by atoms with Gasteiger partial charge < -0.3 is 4.74 Å². The van der Waals surface area contributed by atoms with Gasteiger partial charge in [0.2, 0.25) is 0 Å². The van der Waals surface area contributed by atoms with E-state index in [1.165, 1.54) is 11.1 Å². The Morgan fingerprint density at radius 1 is 1.29 bits per heavy atom. The highest BCUT2D eigenvalue weighted by molar-refractivity contribution is 9.09. The summed E-state index contributed by atoms with van der Waals surface area (Å²) in [4.78, 5) is 0. The summed E-state index contributed by atoms with van der Waals surface area (Å²) in [6, 6.07) is 8.76. The minimum absolute atomic E-state index is 0.557. The van der Waals surface area contributed by atoms with E-state index >= 15 is 0 Å². The van der Waals surface area contributed by atoms with E-state index < -0.39 is 0 Å². The number of alkyl halides is 1. The third-order valence-corrected chi connectivity index (χ3v) is 3.54. The molecule has 1 atom stereocenters. The van der Waals surface area contributed by atoms with Gasteiger partial charge >= 0.3 is 0 Å². The lowest BCUT2D eigenvalue weighted by atomic mass is 9.97. The van der Waals surface area contributed by atoms with Crippen molar-refractivity contribution in [2.24, 2.45) is 5.92 Å². The third kappa shape index (κ3) is 5.69. The SMILES string of the molecule is Cc1cccc(C(CBr)CCOCC(C)C)c1. The van der Waals surface area contributed by atoms with E-state index in [1.807, 2.05) is 0 Å². The van der Waals surface area contributed by atoms with Gasteiger partial charge in [-0.2, -0.15) is 0 Å². The Morgan fingerprint density at radius 2 is 2.06 bits per heavy atom. The molecule has 96 valence electrons. The first kappa shape index (κ1) is 14.7. The van der Waals surface area contributed by atoms with E-state index in [2.05, 4.69) is 61.0 Å². The fourth-order valence-electron chi connectivity index (χ4n) is 1.80. The maximum Gasteiger partial charge on any atom is 0.0488 e. The average Bonchev–Trinajstić information content (AvgIpc) is 2.29. The maximum absolute atomic E-state index is 5.66. The number of halogens is 1. The standard InChI is InChI=1S/C15H23BrO/c1-12(2)11-17-8-7-15(10-16)14-6-4-5-13(3)9-14/h4-6,9,12,15H,7-8,10-11H2,1-3H3. The number of aryl methyl sites for hydroxylation is 1. The first-order valence-corrected chi connectivity index (χ1v) is 7.46. The molecule has 0 saturated heterocycles. The molecule has 2 heteroatoms. The average molecular weight is 299 g/mol. The summed E-state index contributed by atoms with van der Waals surface area (Å²) in [6.07, 6.45) is 1.08. The van der Waals surface area contributed by atoms with Crippen LogP contribution in [-0.2, 0) is 4.74 Å². The number of rotatable bonds is 7. The van der Waals surface area contributed by atoms with Crippen molar-refractivity contribution in [2.75, 3.05) is 18.5 Å². The van der Waals surface area contributed by atoms with Crippen LogP contribution in [0, 0.1) is 12.8 Å². The fourth-order valence-corrected chi connectivity index (χ4v) is 2.50. The molecule has 0 N–H and O–H groups in total.